The molecule has 0 radical (unpaired) electrons. The van der Waals surface area contributed by atoms with Crippen molar-refractivity contribution in [2.75, 3.05) is 31.6 Å². The van der Waals surface area contributed by atoms with Crippen LogP contribution in [0.15, 0.2) is 36.4 Å². The second kappa shape index (κ2) is 10.4. The van der Waals surface area contributed by atoms with Gasteiger partial charge >= 0.3 is 5.97 Å². The summed E-state index contributed by atoms with van der Waals surface area (Å²) >= 11 is 0. The largest absolute Gasteiger partial charge is 0.480 e. The summed E-state index contributed by atoms with van der Waals surface area (Å²) in [5.41, 5.74) is 4.26. The third-order valence-corrected chi connectivity index (χ3v) is 7.24. The minimum Gasteiger partial charge on any atom is -0.480 e. The van der Waals surface area contributed by atoms with Crippen LogP contribution in [0.1, 0.15) is 66.4 Å². The summed E-state index contributed by atoms with van der Waals surface area (Å²) in [4.78, 5) is 18.7. The molecule has 1 saturated carbocycles. The molecule has 2 aromatic rings. The first-order chi connectivity index (χ1) is 16.6. The molecule has 3 aliphatic rings. The van der Waals surface area contributed by atoms with E-state index in [0.29, 0.717) is 19.1 Å². The Balaban J connectivity index is 1.12. The van der Waals surface area contributed by atoms with Crippen LogP contribution in [-0.4, -0.2) is 59.5 Å². The third-order valence-electron chi connectivity index (χ3n) is 7.24. The van der Waals surface area contributed by atoms with E-state index in [1.54, 1.807) is 4.90 Å². The van der Waals surface area contributed by atoms with E-state index in [0.717, 1.165) is 74.1 Å². The quantitative estimate of drug-likeness (QED) is 0.501. The Hall–Kier alpha value is -2.51. The number of aliphatic carboxylic acids is 1. The van der Waals surface area contributed by atoms with E-state index in [2.05, 4.69) is 17.4 Å². The van der Waals surface area contributed by atoms with Gasteiger partial charge in [0.05, 0.1) is 0 Å². The standard InChI is InChI=1S/C27H34FN3O3/c28-23-16-31(25(27(32)33)22-9-2-1-8-21(22)18-10-11-18)17-24(23)34-15-4-3-7-20-13-12-19-6-5-14-29-26(19)30-20/h1-2,8-9,12-13,18,23-25H,3-7,10-11,14-17H2,(H,29,30)(H,32,33). The van der Waals surface area contributed by atoms with Gasteiger partial charge in [0, 0.05) is 31.9 Å². The van der Waals surface area contributed by atoms with Gasteiger partial charge in [-0.3, -0.25) is 9.69 Å². The van der Waals surface area contributed by atoms with Crippen molar-refractivity contribution in [2.45, 2.75) is 69.2 Å². The van der Waals surface area contributed by atoms with E-state index in [-0.39, 0.29) is 6.54 Å². The smallest absolute Gasteiger partial charge is 0.325 e. The van der Waals surface area contributed by atoms with Crippen molar-refractivity contribution in [1.82, 2.24) is 9.88 Å². The SMILES string of the molecule is O=C(O)C(c1ccccc1C1CC1)N1CC(F)C(OCCCCc2ccc3c(n2)NCCC3)C1. The van der Waals surface area contributed by atoms with Crippen LogP contribution < -0.4 is 5.32 Å². The molecule has 1 saturated heterocycles. The van der Waals surface area contributed by atoms with Crippen molar-refractivity contribution < 1.29 is 19.0 Å². The number of carboxylic acid groups (broad SMARTS) is 1. The number of aromatic nitrogens is 1. The molecule has 7 heteroatoms. The number of carboxylic acids is 1. The zero-order chi connectivity index (χ0) is 23.5. The number of ether oxygens (including phenoxy) is 1. The van der Waals surface area contributed by atoms with Gasteiger partial charge in [0.25, 0.3) is 0 Å². The van der Waals surface area contributed by atoms with Crippen molar-refractivity contribution in [3.05, 3.63) is 58.8 Å². The molecule has 1 aromatic carbocycles. The molecule has 6 nitrogen and oxygen atoms in total. The normalized spacial score (nSPS) is 23.3. The molecule has 3 atom stereocenters. The first kappa shape index (κ1) is 23.2. The monoisotopic (exact) mass is 467 g/mol. The van der Waals surface area contributed by atoms with Crippen molar-refractivity contribution in [3.8, 4) is 0 Å². The Bertz CT molecular complexity index is 1010. The summed E-state index contributed by atoms with van der Waals surface area (Å²) in [6, 6.07) is 11.2. The molecule has 5 rings (SSSR count). The lowest BCUT2D eigenvalue weighted by atomic mass is 9.96. The van der Waals surface area contributed by atoms with Gasteiger partial charge in [0.15, 0.2) is 0 Å². The molecule has 1 aromatic heterocycles. The molecule has 3 heterocycles. The molecule has 2 N–H and O–H groups in total. The molecule has 0 amide bonds. The number of halogens is 1. The second-order valence-electron chi connectivity index (χ2n) is 9.82. The van der Waals surface area contributed by atoms with Gasteiger partial charge in [0.2, 0.25) is 0 Å². The van der Waals surface area contributed by atoms with E-state index in [9.17, 15) is 14.3 Å². The van der Waals surface area contributed by atoms with E-state index < -0.39 is 24.3 Å². The lowest BCUT2D eigenvalue weighted by Gasteiger charge is -2.26. The summed E-state index contributed by atoms with van der Waals surface area (Å²) < 4.78 is 20.7. The molecule has 0 spiro atoms. The number of nitrogens with zero attached hydrogens (tertiary/aromatic N) is 2. The van der Waals surface area contributed by atoms with Crippen LogP contribution in [0, 0.1) is 0 Å². The average molecular weight is 468 g/mol. The molecular weight excluding hydrogens is 433 g/mol. The summed E-state index contributed by atoms with van der Waals surface area (Å²) in [6.45, 7) is 1.84. The van der Waals surface area contributed by atoms with Crippen LogP contribution in [0.2, 0.25) is 0 Å². The number of pyridine rings is 1. The summed E-state index contributed by atoms with van der Waals surface area (Å²) in [7, 11) is 0. The molecule has 0 bridgehead atoms. The number of hydrogen-bond donors (Lipinski definition) is 2. The third kappa shape index (κ3) is 5.26. The summed E-state index contributed by atoms with van der Waals surface area (Å²) in [5, 5.41) is 13.4. The average Bonchev–Trinajstić information content (AvgIpc) is 3.62. The van der Waals surface area contributed by atoms with Crippen LogP contribution in [0.4, 0.5) is 10.2 Å². The van der Waals surface area contributed by atoms with Crippen LogP contribution in [-0.2, 0) is 22.4 Å². The summed E-state index contributed by atoms with van der Waals surface area (Å²) in [6.07, 6.45) is 5.28. The Kier molecular flexibility index (Phi) is 7.11. The molecule has 2 fully saturated rings. The molecular formula is C27H34FN3O3. The van der Waals surface area contributed by atoms with Crippen LogP contribution in [0.3, 0.4) is 0 Å². The Morgan fingerprint density at radius 1 is 1.21 bits per heavy atom. The van der Waals surface area contributed by atoms with Gasteiger partial charge in [-0.2, -0.15) is 0 Å². The van der Waals surface area contributed by atoms with Crippen LogP contribution in [0.25, 0.3) is 0 Å². The molecule has 182 valence electrons. The van der Waals surface area contributed by atoms with Crippen LogP contribution >= 0.6 is 0 Å². The highest BCUT2D eigenvalue weighted by Gasteiger charge is 2.42. The highest BCUT2D eigenvalue weighted by Crippen LogP contribution is 2.44. The fourth-order valence-corrected chi connectivity index (χ4v) is 5.29. The number of rotatable bonds is 10. The fraction of sp³-hybridized carbons (Fsp3) is 0.556. The topological polar surface area (TPSA) is 74.7 Å². The first-order valence-electron chi connectivity index (χ1n) is 12.6. The van der Waals surface area contributed by atoms with Crippen molar-refractivity contribution in [3.63, 3.8) is 0 Å². The van der Waals surface area contributed by atoms with E-state index in [4.69, 9.17) is 9.72 Å². The number of alkyl halides is 1. The Morgan fingerprint density at radius 2 is 2.06 bits per heavy atom. The predicted molar refractivity (Wildman–Crippen MR) is 129 cm³/mol. The van der Waals surface area contributed by atoms with Crippen molar-refractivity contribution >= 4 is 11.8 Å². The van der Waals surface area contributed by atoms with Gasteiger partial charge < -0.3 is 15.2 Å². The highest BCUT2D eigenvalue weighted by atomic mass is 19.1. The maximum atomic E-state index is 14.8. The minimum atomic E-state index is -1.18. The number of aryl methyl sites for hydroxylation is 2. The van der Waals surface area contributed by atoms with Gasteiger partial charge in [-0.1, -0.05) is 30.3 Å². The fourth-order valence-electron chi connectivity index (χ4n) is 5.29. The maximum Gasteiger partial charge on any atom is 0.325 e. The van der Waals surface area contributed by atoms with E-state index >= 15 is 0 Å². The number of nitrogens with one attached hydrogen (secondary N) is 1. The van der Waals surface area contributed by atoms with Crippen molar-refractivity contribution in [1.29, 1.82) is 0 Å². The number of likely N-dealkylation sites (tertiary alicyclic amines) is 1. The molecule has 2 aliphatic heterocycles. The number of anilines is 1. The van der Waals surface area contributed by atoms with E-state index in [1.165, 1.54) is 5.56 Å². The maximum absolute atomic E-state index is 14.8. The Morgan fingerprint density at radius 3 is 2.88 bits per heavy atom. The predicted octanol–water partition coefficient (Wildman–Crippen LogP) is 4.50. The number of hydrogen-bond acceptors (Lipinski definition) is 5. The number of unbranched alkanes of at least 4 members (excludes halogenated alkanes) is 1. The molecule has 34 heavy (non-hydrogen) atoms. The number of benzene rings is 1. The summed E-state index contributed by atoms with van der Waals surface area (Å²) in [5.74, 6) is 0.532. The zero-order valence-electron chi connectivity index (χ0n) is 19.6. The lowest BCUT2D eigenvalue weighted by Crippen LogP contribution is -2.34. The second-order valence-corrected chi connectivity index (χ2v) is 9.82. The van der Waals surface area contributed by atoms with Crippen molar-refractivity contribution in [2.24, 2.45) is 0 Å². The molecule has 3 unspecified atom stereocenters. The van der Waals surface area contributed by atoms with Gasteiger partial charge in [-0.15, -0.1) is 0 Å². The van der Waals surface area contributed by atoms with Gasteiger partial charge in [-0.05, 0) is 73.6 Å². The zero-order valence-corrected chi connectivity index (χ0v) is 19.6. The minimum absolute atomic E-state index is 0.0900. The first-order valence-corrected chi connectivity index (χ1v) is 12.6. The van der Waals surface area contributed by atoms with Gasteiger partial charge in [0.1, 0.15) is 24.1 Å². The lowest BCUT2D eigenvalue weighted by molar-refractivity contribution is -0.143. The number of carbonyl (C=O) groups is 1. The van der Waals surface area contributed by atoms with Crippen LogP contribution in [0.5, 0.6) is 0 Å². The Labute approximate surface area is 200 Å². The number of fused-ring (bicyclic) bond motifs is 1. The van der Waals surface area contributed by atoms with E-state index in [1.807, 2.05) is 24.3 Å². The molecule has 1 aliphatic carbocycles. The highest BCUT2D eigenvalue weighted by molar-refractivity contribution is 5.76. The van der Waals surface area contributed by atoms with Gasteiger partial charge in [-0.25, -0.2) is 9.37 Å².